The van der Waals surface area contributed by atoms with Gasteiger partial charge in [-0.25, -0.2) is 0 Å². The molecule has 0 amide bonds. The van der Waals surface area contributed by atoms with Crippen molar-refractivity contribution >= 4 is 6.29 Å². The molecule has 0 aromatic heterocycles. The molecule has 1 aromatic carbocycles. The second-order valence-electron chi connectivity index (χ2n) is 4.65. The molecular weight excluding hydrogens is 204 g/mol. The van der Waals surface area contributed by atoms with Crippen LogP contribution in [0.5, 0.6) is 11.5 Å². The van der Waals surface area contributed by atoms with E-state index in [1.807, 2.05) is 32.9 Å². The van der Waals surface area contributed by atoms with Crippen molar-refractivity contribution in [1.29, 1.82) is 0 Å². The van der Waals surface area contributed by atoms with E-state index in [1.54, 1.807) is 0 Å². The van der Waals surface area contributed by atoms with E-state index in [4.69, 9.17) is 9.47 Å². The summed E-state index contributed by atoms with van der Waals surface area (Å²) in [5, 5.41) is 0. The maximum absolute atomic E-state index is 11.1. The van der Waals surface area contributed by atoms with E-state index >= 15 is 0 Å². The van der Waals surface area contributed by atoms with Crippen LogP contribution in [-0.4, -0.2) is 19.5 Å². The molecule has 0 saturated carbocycles. The minimum atomic E-state index is -0.486. The molecule has 1 aliphatic heterocycles. The fourth-order valence-corrected chi connectivity index (χ4v) is 1.95. The van der Waals surface area contributed by atoms with E-state index in [0.29, 0.717) is 13.2 Å². The molecule has 2 rings (SSSR count). The normalized spacial score (nSPS) is 14.7. The number of aryl methyl sites for hydroxylation is 1. The molecular formula is C13H16O3. The number of carbonyl (C=O) groups excluding carboxylic acids is 1. The van der Waals surface area contributed by atoms with Crippen molar-refractivity contribution < 1.29 is 14.3 Å². The summed E-state index contributed by atoms with van der Waals surface area (Å²) in [6.07, 6.45) is 0.964. The minimum Gasteiger partial charge on any atom is -0.486 e. The van der Waals surface area contributed by atoms with Gasteiger partial charge in [0.15, 0.2) is 11.5 Å². The second kappa shape index (κ2) is 3.81. The average Bonchev–Trinajstić information content (AvgIpc) is 2.28. The highest BCUT2D eigenvalue weighted by atomic mass is 16.6. The maximum atomic E-state index is 11.1. The lowest BCUT2D eigenvalue weighted by Gasteiger charge is -2.25. The smallest absolute Gasteiger partial charge is 0.161 e. The van der Waals surface area contributed by atoms with Gasteiger partial charge in [-0.05, 0) is 44.0 Å². The molecule has 0 bridgehead atoms. The van der Waals surface area contributed by atoms with Gasteiger partial charge in [-0.2, -0.15) is 0 Å². The molecule has 0 spiro atoms. The van der Waals surface area contributed by atoms with Crippen molar-refractivity contribution in [2.24, 2.45) is 0 Å². The third-order valence-corrected chi connectivity index (χ3v) is 2.88. The van der Waals surface area contributed by atoms with Crippen LogP contribution < -0.4 is 9.47 Å². The van der Waals surface area contributed by atoms with Crippen molar-refractivity contribution in [3.8, 4) is 11.5 Å². The zero-order chi connectivity index (χ0) is 11.8. The lowest BCUT2D eigenvalue weighted by Crippen LogP contribution is -2.22. The molecule has 0 unspecified atom stereocenters. The zero-order valence-corrected chi connectivity index (χ0v) is 9.87. The highest BCUT2D eigenvalue weighted by Crippen LogP contribution is 2.36. The number of rotatable bonds is 2. The Morgan fingerprint density at radius 1 is 1.19 bits per heavy atom. The van der Waals surface area contributed by atoms with Gasteiger partial charge in [0, 0.05) is 5.41 Å². The standard InChI is InChI=1S/C13H16O3/c1-9-6-11-12(16-5-4-15-11)7-10(9)13(2,3)8-14/h6-8H,4-5H2,1-3H3. The number of fused-ring (bicyclic) bond motifs is 1. The summed E-state index contributed by atoms with van der Waals surface area (Å²) >= 11 is 0. The van der Waals surface area contributed by atoms with Crippen LogP contribution in [-0.2, 0) is 10.2 Å². The maximum Gasteiger partial charge on any atom is 0.161 e. The van der Waals surface area contributed by atoms with Crippen LogP contribution in [0.2, 0.25) is 0 Å². The van der Waals surface area contributed by atoms with Crippen molar-refractivity contribution in [1.82, 2.24) is 0 Å². The first-order valence-electron chi connectivity index (χ1n) is 5.41. The SMILES string of the molecule is Cc1cc2c(cc1C(C)(C)C=O)OCCO2. The van der Waals surface area contributed by atoms with E-state index in [9.17, 15) is 4.79 Å². The number of benzene rings is 1. The summed E-state index contributed by atoms with van der Waals surface area (Å²) in [7, 11) is 0. The van der Waals surface area contributed by atoms with E-state index < -0.39 is 5.41 Å². The zero-order valence-electron chi connectivity index (χ0n) is 9.87. The summed E-state index contributed by atoms with van der Waals surface area (Å²) in [5.41, 5.74) is 1.56. The highest BCUT2D eigenvalue weighted by molar-refractivity contribution is 5.69. The first-order valence-corrected chi connectivity index (χ1v) is 5.41. The monoisotopic (exact) mass is 220 g/mol. The molecule has 86 valence electrons. The molecule has 0 saturated heterocycles. The number of aldehydes is 1. The molecule has 1 heterocycles. The van der Waals surface area contributed by atoms with E-state index in [-0.39, 0.29) is 0 Å². The third kappa shape index (κ3) is 1.77. The molecule has 3 nitrogen and oxygen atoms in total. The van der Waals surface area contributed by atoms with E-state index in [1.165, 1.54) is 0 Å². The molecule has 0 aliphatic carbocycles. The van der Waals surface area contributed by atoms with Crippen molar-refractivity contribution in [3.05, 3.63) is 23.3 Å². The Morgan fingerprint density at radius 3 is 2.31 bits per heavy atom. The molecule has 16 heavy (non-hydrogen) atoms. The number of hydrogen-bond acceptors (Lipinski definition) is 3. The quantitative estimate of drug-likeness (QED) is 0.717. The Kier molecular flexibility index (Phi) is 2.62. The molecule has 0 radical (unpaired) electrons. The summed E-state index contributed by atoms with van der Waals surface area (Å²) in [6, 6.07) is 3.85. The average molecular weight is 220 g/mol. The number of hydrogen-bond donors (Lipinski definition) is 0. The van der Waals surface area contributed by atoms with Crippen LogP contribution in [0.25, 0.3) is 0 Å². The molecule has 3 heteroatoms. The molecule has 0 fully saturated rings. The van der Waals surface area contributed by atoms with Gasteiger partial charge in [0.05, 0.1) is 0 Å². The van der Waals surface area contributed by atoms with Crippen LogP contribution in [0.4, 0.5) is 0 Å². The predicted molar refractivity (Wildman–Crippen MR) is 61.3 cm³/mol. The van der Waals surface area contributed by atoms with Gasteiger partial charge in [-0.1, -0.05) is 0 Å². The van der Waals surface area contributed by atoms with Crippen molar-refractivity contribution in [2.45, 2.75) is 26.2 Å². The van der Waals surface area contributed by atoms with Crippen LogP contribution in [0.3, 0.4) is 0 Å². The van der Waals surface area contributed by atoms with Gasteiger partial charge < -0.3 is 14.3 Å². The molecule has 0 N–H and O–H groups in total. The Hall–Kier alpha value is -1.51. The predicted octanol–water partition coefficient (Wildman–Crippen LogP) is 2.24. The minimum absolute atomic E-state index is 0.486. The van der Waals surface area contributed by atoms with Crippen LogP contribution in [0, 0.1) is 6.92 Å². The number of ether oxygens (including phenoxy) is 2. The Bertz CT molecular complexity index is 421. The van der Waals surface area contributed by atoms with Crippen LogP contribution in [0.15, 0.2) is 12.1 Å². The molecule has 0 atom stereocenters. The number of carbonyl (C=O) groups is 1. The third-order valence-electron chi connectivity index (χ3n) is 2.88. The first kappa shape index (κ1) is 11.0. The Labute approximate surface area is 95.4 Å². The second-order valence-corrected chi connectivity index (χ2v) is 4.65. The van der Waals surface area contributed by atoms with Gasteiger partial charge in [0.25, 0.3) is 0 Å². The van der Waals surface area contributed by atoms with Gasteiger partial charge in [-0.15, -0.1) is 0 Å². The largest absolute Gasteiger partial charge is 0.486 e. The molecule has 1 aromatic rings. The first-order chi connectivity index (χ1) is 7.54. The molecule has 1 aliphatic rings. The van der Waals surface area contributed by atoms with Gasteiger partial charge in [0.2, 0.25) is 0 Å². The highest BCUT2D eigenvalue weighted by Gasteiger charge is 2.24. The fourth-order valence-electron chi connectivity index (χ4n) is 1.95. The van der Waals surface area contributed by atoms with Crippen LogP contribution >= 0.6 is 0 Å². The van der Waals surface area contributed by atoms with Gasteiger partial charge in [-0.3, -0.25) is 0 Å². The lowest BCUT2D eigenvalue weighted by atomic mass is 9.83. The van der Waals surface area contributed by atoms with Gasteiger partial charge >= 0.3 is 0 Å². The summed E-state index contributed by atoms with van der Waals surface area (Å²) < 4.78 is 11.0. The summed E-state index contributed by atoms with van der Waals surface area (Å²) in [5.74, 6) is 1.51. The van der Waals surface area contributed by atoms with Crippen molar-refractivity contribution in [2.75, 3.05) is 13.2 Å². The summed E-state index contributed by atoms with van der Waals surface area (Å²) in [4.78, 5) is 11.1. The lowest BCUT2D eigenvalue weighted by molar-refractivity contribution is -0.111. The van der Waals surface area contributed by atoms with Crippen LogP contribution in [0.1, 0.15) is 25.0 Å². The van der Waals surface area contributed by atoms with Gasteiger partial charge in [0.1, 0.15) is 19.5 Å². The Balaban J connectivity index is 2.51. The Morgan fingerprint density at radius 2 is 1.75 bits per heavy atom. The van der Waals surface area contributed by atoms with E-state index in [2.05, 4.69) is 0 Å². The topological polar surface area (TPSA) is 35.5 Å². The fraction of sp³-hybridized carbons (Fsp3) is 0.462. The summed E-state index contributed by atoms with van der Waals surface area (Å²) in [6.45, 7) is 6.94. The van der Waals surface area contributed by atoms with Crippen molar-refractivity contribution in [3.63, 3.8) is 0 Å². The van der Waals surface area contributed by atoms with E-state index in [0.717, 1.165) is 28.9 Å².